The minimum atomic E-state index is -0.802. The van der Waals surface area contributed by atoms with Crippen molar-refractivity contribution in [2.75, 3.05) is 17.7 Å². The molecule has 1 aliphatic heterocycles. The Morgan fingerprint density at radius 3 is 2.46 bits per heavy atom. The van der Waals surface area contributed by atoms with Gasteiger partial charge in [-0.05, 0) is 42.2 Å². The molecule has 0 fully saturated rings. The summed E-state index contributed by atoms with van der Waals surface area (Å²) in [7, 11) is 1.32. The molecule has 2 aromatic rings. The average molecular weight is 397 g/mol. The highest BCUT2D eigenvalue weighted by atomic mass is 35.5. The Morgan fingerprint density at radius 2 is 1.79 bits per heavy atom. The topological polar surface area (TPSA) is 67.4 Å². The predicted molar refractivity (Wildman–Crippen MR) is 109 cm³/mol. The van der Waals surface area contributed by atoms with Crippen LogP contribution in [0.25, 0.3) is 0 Å². The quantitative estimate of drug-likeness (QED) is 0.575. The number of benzene rings is 2. The minimum absolute atomic E-state index is 0.151. The lowest BCUT2D eigenvalue weighted by Gasteiger charge is -2.32. The highest BCUT2D eigenvalue weighted by molar-refractivity contribution is 6.30. The molecule has 2 N–H and O–H groups in total. The van der Waals surface area contributed by atoms with Gasteiger partial charge in [0.1, 0.15) is 5.92 Å². The van der Waals surface area contributed by atoms with E-state index in [4.69, 9.17) is 16.3 Å². The Kier molecular flexibility index (Phi) is 4.85. The van der Waals surface area contributed by atoms with Crippen molar-refractivity contribution in [1.82, 2.24) is 0 Å². The van der Waals surface area contributed by atoms with Gasteiger partial charge in [0.25, 0.3) is 0 Å². The van der Waals surface area contributed by atoms with E-state index in [1.165, 1.54) is 7.11 Å². The molecule has 5 nitrogen and oxygen atoms in total. The average Bonchev–Trinajstić information content (AvgIpc) is 2.85. The molecule has 0 radical (unpaired) electrons. The molecule has 2 aliphatic rings. The number of allylic oxidation sites excluding steroid dienone is 1. The van der Waals surface area contributed by atoms with E-state index in [0.717, 1.165) is 22.6 Å². The summed E-state index contributed by atoms with van der Waals surface area (Å²) < 4.78 is 4.92. The fourth-order valence-corrected chi connectivity index (χ4v) is 4.17. The Bertz CT molecular complexity index is 968. The van der Waals surface area contributed by atoms with Gasteiger partial charge >= 0.3 is 5.97 Å². The first-order chi connectivity index (χ1) is 13.5. The number of carbonyl (C=O) groups is 2. The van der Waals surface area contributed by atoms with Crippen molar-refractivity contribution in [1.29, 1.82) is 0 Å². The number of fused-ring (bicyclic) bond motifs is 1. The van der Waals surface area contributed by atoms with Gasteiger partial charge in [-0.3, -0.25) is 9.59 Å². The third kappa shape index (κ3) is 3.16. The maximum Gasteiger partial charge on any atom is 0.316 e. The van der Waals surface area contributed by atoms with Gasteiger partial charge in [-0.15, -0.1) is 0 Å². The smallest absolute Gasteiger partial charge is 0.316 e. The van der Waals surface area contributed by atoms with Crippen molar-refractivity contribution >= 4 is 34.7 Å². The van der Waals surface area contributed by atoms with Crippen molar-refractivity contribution < 1.29 is 14.3 Å². The van der Waals surface area contributed by atoms with E-state index >= 15 is 0 Å². The van der Waals surface area contributed by atoms with E-state index in [9.17, 15) is 9.59 Å². The molecule has 144 valence electrons. The van der Waals surface area contributed by atoms with Gasteiger partial charge in [0.05, 0.1) is 24.5 Å². The first-order valence-electron chi connectivity index (χ1n) is 9.22. The highest BCUT2D eigenvalue weighted by Gasteiger charge is 2.44. The highest BCUT2D eigenvalue weighted by Crippen LogP contribution is 2.43. The maximum atomic E-state index is 13.5. The number of Topliss-reactive ketones (excluding diaryl/α,β-unsaturated/α-hetero) is 1. The number of carbonyl (C=O) groups excluding carboxylic acids is 2. The van der Waals surface area contributed by atoms with Crippen LogP contribution in [0.2, 0.25) is 5.02 Å². The zero-order valence-corrected chi connectivity index (χ0v) is 16.4. The van der Waals surface area contributed by atoms with Crippen molar-refractivity contribution in [3.8, 4) is 0 Å². The summed E-state index contributed by atoms with van der Waals surface area (Å²) in [5, 5.41) is 7.54. The van der Waals surface area contributed by atoms with Crippen LogP contribution in [0.15, 0.2) is 59.8 Å². The van der Waals surface area contributed by atoms with Gasteiger partial charge in [0, 0.05) is 16.3 Å². The number of methoxy groups -OCH3 is 1. The summed E-state index contributed by atoms with van der Waals surface area (Å²) in [5.74, 6) is -1.64. The van der Waals surface area contributed by atoms with Crippen molar-refractivity contribution in [2.24, 2.45) is 11.8 Å². The summed E-state index contributed by atoms with van der Waals surface area (Å²) >= 11 is 6.06. The summed E-state index contributed by atoms with van der Waals surface area (Å²) in [4.78, 5) is 25.8. The van der Waals surface area contributed by atoms with Crippen LogP contribution in [-0.4, -0.2) is 18.9 Å². The van der Waals surface area contributed by atoms with Gasteiger partial charge in [-0.2, -0.15) is 0 Å². The third-order valence-electron chi connectivity index (χ3n) is 5.43. The summed E-state index contributed by atoms with van der Waals surface area (Å²) in [6.07, 6.45) is 0.584. The Hall–Kier alpha value is -2.79. The maximum absolute atomic E-state index is 13.5. The molecule has 0 saturated carbocycles. The Labute approximate surface area is 168 Å². The van der Waals surface area contributed by atoms with Gasteiger partial charge < -0.3 is 15.4 Å². The lowest BCUT2D eigenvalue weighted by molar-refractivity contribution is -0.151. The number of nitrogens with one attached hydrogen (secondary N) is 2. The van der Waals surface area contributed by atoms with Crippen LogP contribution >= 0.6 is 11.6 Å². The standard InChI is InChI=1S/C22H21ClN2O3/c1-12-11-17-19(21(26)18(12)22(27)28-2)20(13-7-9-14(23)10-8-13)25-16-6-4-3-5-15(16)24-17/h3-10,12,18,20,24-25H,11H2,1-2H3/t12-,18-,20-/m1/s1. The SMILES string of the molecule is COC(=O)[C@H]1C(=O)C2=C(C[C@H]1C)Nc1ccccc1N[C@@H]2c1ccc(Cl)cc1. The molecule has 0 aromatic heterocycles. The summed E-state index contributed by atoms with van der Waals surface area (Å²) in [6.45, 7) is 1.91. The molecule has 0 saturated heterocycles. The fourth-order valence-electron chi connectivity index (χ4n) is 4.04. The number of halogens is 1. The van der Waals surface area contributed by atoms with Crippen LogP contribution in [0, 0.1) is 11.8 Å². The second-order valence-corrected chi connectivity index (χ2v) is 7.67. The van der Waals surface area contributed by atoms with Gasteiger partial charge in [0.2, 0.25) is 0 Å². The van der Waals surface area contributed by atoms with E-state index in [-0.39, 0.29) is 11.7 Å². The lowest BCUT2D eigenvalue weighted by atomic mass is 9.75. The van der Waals surface area contributed by atoms with E-state index in [1.807, 2.05) is 43.3 Å². The zero-order valence-electron chi connectivity index (χ0n) is 15.7. The number of ketones is 1. The monoisotopic (exact) mass is 396 g/mol. The van der Waals surface area contributed by atoms with E-state index in [1.54, 1.807) is 12.1 Å². The fraction of sp³-hybridized carbons (Fsp3) is 0.273. The Balaban J connectivity index is 1.87. The summed E-state index contributed by atoms with van der Waals surface area (Å²) in [5.41, 5.74) is 4.12. The lowest BCUT2D eigenvalue weighted by Crippen LogP contribution is -2.39. The molecule has 28 heavy (non-hydrogen) atoms. The number of rotatable bonds is 2. The van der Waals surface area contributed by atoms with Gasteiger partial charge in [-0.25, -0.2) is 0 Å². The number of esters is 1. The molecule has 0 unspecified atom stereocenters. The molecule has 0 bridgehead atoms. The van der Waals surface area contributed by atoms with Gasteiger partial charge in [0.15, 0.2) is 5.78 Å². The third-order valence-corrected chi connectivity index (χ3v) is 5.68. The molecular formula is C22H21ClN2O3. The minimum Gasteiger partial charge on any atom is -0.468 e. The molecule has 3 atom stereocenters. The van der Waals surface area contributed by atoms with Gasteiger partial charge in [-0.1, -0.05) is 42.8 Å². The predicted octanol–water partition coefficient (Wildman–Crippen LogP) is 4.57. The molecule has 0 amide bonds. The van der Waals surface area contributed by atoms with Crippen LogP contribution in [0.5, 0.6) is 0 Å². The molecule has 4 rings (SSSR count). The summed E-state index contributed by atoms with van der Waals surface area (Å²) in [6, 6.07) is 14.8. The Morgan fingerprint density at radius 1 is 1.11 bits per heavy atom. The second kappa shape index (κ2) is 7.32. The van der Waals surface area contributed by atoms with Crippen molar-refractivity contribution in [2.45, 2.75) is 19.4 Å². The zero-order chi connectivity index (χ0) is 19.8. The second-order valence-electron chi connectivity index (χ2n) is 7.24. The van der Waals surface area contributed by atoms with Crippen molar-refractivity contribution in [3.63, 3.8) is 0 Å². The normalized spacial score (nSPS) is 23.7. The first kappa shape index (κ1) is 18.6. The van der Waals surface area contributed by atoms with Crippen LogP contribution in [-0.2, 0) is 14.3 Å². The van der Waals surface area contributed by atoms with Crippen LogP contribution in [0.1, 0.15) is 24.9 Å². The number of hydrogen-bond acceptors (Lipinski definition) is 5. The number of ether oxygens (including phenoxy) is 1. The van der Waals surface area contributed by atoms with E-state index in [2.05, 4.69) is 10.6 Å². The van der Waals surface area contributed by atoms with Crippen molar-refractivity contribution in [3.05, 3.63) is 70.4 Å². The van der Waals surface area contributed by atoms with Crippen LogP contribution in [0.3, 0.4) is 0 Å². The number of hydrogen-bond donors (Lipinski definition) is 2. The number of para-hydroxylation sites is 2. The molecule has 6 heteroatoms. The van der Waals surface area contributed by atoms with E-state index < -0.39 is 17.9 Å². The number of anilines is 2. The largest absolute Gasteiger partial charge is 0.468 e. The van der Waals surface area contributed by atoms with E-state index in [0.29, 0.717) is 17.0 Å². The molecule has 2 aromatic carbocycles. The molecule has 1 heterocycles. The first-order valence-corrected chi connectivity index (χ1v) is 9.60. The molecular weight excluding hydrogens is 376 g/mol. The van der Waals surface area contributed by atoms with Crippen LogP contribution in [0.4, 0.5) is 11.4 Å². The molecule has 0 spiro atoms. The van der Waals surface area contributed by atoms with Crippen LogP contribution < -0.4 is 10.6 Å². The molecule has 1 aliphatic carbocycles.